The fraction of sp³-hybridized carbons (Fsp3) is 0.488. The zero-order valence-electron chi connectivity index (χ0n) is 66.1. The molecule has 118 heavy (non-hydrogen) atoms. The molecule has 36 nitrogen and oxygen atoms in total. The van der Waals surface area contributed by atoms with Gasteiger partial charge in [0.05, 0.1) is 112 Å². The summed E-state index contributed by atoms with van der Waals surface area (Å²) in [5, 5.41) is 83.1. The van der Waals surface area contributed by atoms with Gasteiger partial charge in [0.15, 0.2) is 40.5 Å². The number of aromatic nitrogens is 6. The fourth-order valence-electron chi connectivity index (χ4n) is 14.8. The fourth-order valence-corrected chi connectivity index (χ4v) is 14.8. The number of hydrogen-bond donors (Lipinski definition) is 13. The zero-order valence-corrected chi connectivity index (χ0v) is 66.1. The molecule has 0 bridgehead atoms. The molecule has 0 aliphatic carbocycles. The van der Waals surface area contributed by atoms with E-state index in [1.54, 1.807) is 108 Å². The normalized spacial score (nSPS) is 28.7. The second-order valence-corrected chi connectivity index (χ2v) is 30.9. The summed E-state index contributed by atoms with van der Waals surface area (Å²) in [6.45, 7) is 11.1. The summed E-state index contributed by atoms with van der Waals surface area (Å²) in [4.78, 5) is 185. The number of Topliss-reactive ketones (excluding diaryl/α,β-unsaturated/α-hetero) is 3. The minimum Gasteiger partial charge on any atom is -0.505 e. The predicted octanol–water partition coefficient (Wildman–Crippen LogP) is 0.00480. The summed E-state index contributed by atoms with van der Waals surface area (Å²) in [6.07, 6.45) is 8.42. The average Bonchev–Trinajstić information content (AvgIpc) is 0.488. The third-order valence-corrected chi connectivity index (χ3v) is 22.1. The van der Waals surface area contributed by atoms with Crippen LogP contribution in [0.4, 0.5) is 0 Å². The Balaban J connectivity index is 0.000000186. The molecular formula is C82H100N14O22. The SMILES string of the molecule is C[C@H]1CC(=O)C(C2COC2)N(C)C(=O)[C@H](C)[C@H](O)[C@H](Cc2cccnc2)NC(=O)[C@H]1NC(=O)c1ncccc1O.C[C@H]1CC(=O)C(C2COC2)NC(=O)[C@H](C)[C@H](O)[C@H](Cc2cccnc2)NC(=O)[C@H]1NC(=O)c1ncccc1O.C[C@H]1CC(=O)C(C2COC2)OC(=O)[C@H](C)[C@H](O)[C@H](Cc2cccnc2)NC(=O)[C@H]1NC(=O)c1ncccc1O. The maximum Gasteiger partial charge on any atom is 0.312 e. The van der Waals surface area contributed by atoms with E-state index in [1.807, 2.05) is 0 Å². The molecule has 630 valence electrons. The van der Waals surface area contributed by atoms with Crippen LogP contribution in [0.1, 0.15) is 109 Å². The highest BCUT2D eigenvalue weighted by atomic mass is 16.6. The van der Waals surface area contributed by atoms with Crippen LogP contribution in [0.25, 0.3) is 0 Å². The maximum absolute atomic E-state index is 13.7. The van der Waals surface area contributed by atoms with Gasteiger partial charge in [0.2, 0.25) is 29.5 Å². The van der Waals surface area contributed by atoms with Crippen molar-refractivity contribution in [3.8, 4) is 17.2 Å². The van der Waals surface area contributed by atoms with Crippen LogP contribution in [-0.2, 0) is 81.4 Å². The van der Waals surface area contributed by atoms with E-state index in [0.29, 0.717) is 37.6 Å². The summed E-state index contributed by atoms with van der Waals surface area (Å²) < 4.78 is 21.4. The number of ketones is 3. The number of rotatable bonds is 15. The number of likely N-dealkylation sites (N-methyl/N-ethyl adjacent to an activating group) is 1. The smallest absolute Gasteiger partial charge is 0.312 e. The molecule has 8 amide bonds. The van der Waals surface area contributed by atoms with Gasteiger partial charge in [0.25, 0.3) is 17.7 Å². The van der Waals surface area contributed by atoms with Gasteiger partial charge in [-0.25, -0.2) is 15.0 Å². The van der Waals surface area contributed by atoms with Crippen LogP contribution < -0.4 is 37.2 Å². The predicted molar refractivity (Wildman–Crippen MR) is 414 cm³/mol. The Labute approximate surface area is 679 Å². The molecular weight excluding hydrogens is 1530 g/mol. The van der Waals surface area contributed by atoms with Crippen LogP contribution in [0.2, 0.25) is 0 Å². The van der Waals surface area contributed by atoms with Crippen LogP contribution in [0.5, 0.6) is 17.2 Å². The molecule has 36 heteroatoms. The van der Waals surface area contributed by atoms with Crippen molar-refractivity contribution in [3.63, 3.8) is 0 Å². The van der Waals surface area contributed by atoms with Crippen molar-refractivity contribution in [2.75, 3.05) is 46.7 Å². The van der Waals surface area contributed by atoms with E-state index < -0.39 is 167 Å². The molecule has 6 aliphatic heterocycles. The maximum atomic E-state index is 13.7. The zero-order chi connectivity index (χ0) is 85.2. The van der Waals surface area contributed by atoms with Crippen LogP contribution in [0.3, 0.4) is 0 Å². The molecule has 6 saturated heterocycles. The number of cyclic esters (lactones) is 1. The number of nitrogens with zero attached hydrogens (tertiary/aromatic N) is 7. The highest BCUT2D eigenvalue weighted by Crippen LogP contribution is 2.31. The van der Waals surface area contributed by atoms with Crippen molar-refractivity contribution < 1.29 is 107 Å². The summed E-state index contributed by atoms with van der Waals surface area (Å²) in [5.74, 6) is -14.2. The van der Waals surface area contributed by atoms with Crippen molar-refractivity contribution >= 4 is 70.6 Å². The molecule has 3 unspecified atom stereocenters. The van der Waals surface area contributed by atoms with Gasteiger partial charge in [-0.3, -0.25) is 72.5 Å². The Morgan fingerprint density at radius 2 is 0.780 bits per heavy atom. The second-order valence-electron chi connectivity index (χ2n) is 30.9. The number of carbonyl (C=O) groups excluding carboxylic acids is 12. The monoisotopic (exact) mass is 1630 g/mol. The number of esters is 1. The topological polar surface area (TPSA) is 528 Å². The molecule has 0 spiro atoms. The minimum atomic E-state index is -1.39. The van der Waals surface area contributed by atoms with E-state index >= 15 is 0 Å². The lowest BCUT2D eigenvalue weighted by atomic mass is 9.84. The Hall–Kier alpha value is -11.7. The number of pyridine rings is 6. The van der Waals surface area contributed by atoms with Gasteiger partial charge in [0, 0.05) is 93.9 Å². The van der Waals surface area contributed by atoms with E-state index in [9.17, 15) is 88.2 Å². The third-order valence-electron chi connectivity index (χ3n) is 22.1. The molecule has 12 heterocycles. The number of hydrogen-bond acceptors (Lipinski definition) is 28. The first-order valence-corrected chi connectivity index (χ1v) is 38.9. The molecule has 6 fully saturated rings. The lowest BCUT2D eigenvalue weighted by Gasteiger charge is -2.41. The number of ether oxygens (including phenoxy) is 4. The van der Waals surface area contributed by atoms with Gasteiger partial charge < -0.3 is 91.7 Å². The highest BCUT2D eigenvalue weighted by molar-refractivity contribution is 6.01. The van der Waals surface area contributed by atoms with Crippen molar-refractivity contribution in [2.24, 2.45) is 53.3 Å². The largest absolute Gasteiger partial charge is 0.505 e. The van der Waals surface area contributed by atoms with Crippen molar-refractivity contribution in [2.45, 2.75) is 153 Å². The van der Waals surface area contributed by atoms with Crippen LogP contribution in [-0.4, -0.2) is 255 Å². The average molecular weight is 1630 g/mol. The van der Waals surface area contributed by atoms with Gasteiger partial charge in [0.1, 0.15) is 35.4 Å². The number of amides is 8. The molecule has 6 aliphatic rings. The first-order chi connectivity index (χ1) is 56.4. The second kappa shape index (κ2) is 40.9. The Kier molecular flexibility index (Phi) is 30.8. The number of aliphatic hydroxyl groups is 3. The number of carbonyl (C=O) groups is 12. The number of aromatic hydroxyl groups is 3. The van der Waals surface area contributed by atoms with Crippen LogP contribution in [0, 0.1) is 53.3 Å². The number of nitrogens with one attached hydrogen (secondary N) is 7. The van der Waals surface area contributed by atoms with E-state index in [1.165, 1.54) is 73.7 Å². The first-order valence-electron chi connectivity index (χ1n) is 38.9. The third kappa shape index (κ3) is 22.3. The van der Waals surface area contributed by atoms with E-state index in [-0.39, 0.29) is 115 Å². The summed E-state index contributed by atoms with van der Waals surface area (Å²) >= 11 is 0. The number of aliphatic hydroxyl groups excluding tert-OH is 3. The highest BCUT2D eigenvalue weighted by Gasteiger charge is 2.48. The Morgan fingerprint density at radius 3 is 1.13 bits per heavy atom. The summed E-state index contributed by atoms with van der Waals surface area (Å²) in [6, 6.07) is 10.6. The first kappa shape index (κ1) is 88.7. The van der Waals surface area contributed by atoms with E-state index in [0.717, 1.165) is 5.56 Å². The standard InChI is InChI=1S/C28H35N5O7.C27H33N5O7.C27H32N4O8/c1-15-10-21(35)24(18-13-40-14-18)33(3)28(39)16(2)25(36)19(11-17-6-4-8-29-12-17)31-26(37)22(15)32-27(38)23-20(34)7-5-9-30-23;1-14-9-20(34)22(17-12-39-13-17)32-25(36)15(2)24(35)18(10-16-5-3-7-28-11-16)30-26(37)21(14)31-27(38)23-19(33)6-4-8-29-23;1-14-9-20(33)24(17-12-38-13-17)39-27(37)15(2)23(34)18(10-16-5-3-7-28-11-16)30-25(35)21(14)31-26(36)22-19(32)6-4-8-29-22/h4-9,12,15-16,18-19,22,24-25,34,36H,10-11,13-14H2,1-3H3,(H,31,37)(H,32,38);3-8,11,14-15,17-18,21-22,24,33,35H,9-10,12-13H2,1-2H3,(H,30,37)(H,31,38)(H,32,36);3-8,11,14-15,17-18,21,23-24,32,34H,9-10,12-13H2,1-2H3,(H,30,35)(H,31,36)/t15-,16+,19-,22-,24?,25-;14-,15+,18-,21-,22?,24-;14-,15+,18-,21-,23-,24?/m000/s1. The van der Waals surface area contributed by atoms with Gasteiger partial charge >= 0.3 is 5.97 Å². The molecule has 6 aromatic heterocycles. The molecule has 0 saturated carbocycles. The molecule has 6 aromatic rings. The van der Waals surface area contributed by atoms with Gasteiger partial charge in [-0.2, -0.15) is 0 Å². The molecule has 18 atom stereocenters. The Bertz CT molecular complexity index is 4360. The molecule has 12 rings (SSSR count). The quantitative estimate of drug-likeness (QED) is 0.0602. The minimum absolute atomic E-state index is 0.116. The lowest BCUT2D eigenvalue weighted by molar-refractivity contribution is -0.177. The molecule has 0 aromatic carbocycles. The van der Waals surface area contributed by atoms with Crippen LogP contribution in [0.15, 0.2) is 129 Å². The Morgan fingerprint density at radius 1 is 0.432 bits per heavy atom. The van der Waals surface area contributed by atoms with E-state index in [4.69, 9.17) is 18.9 Å². The summed E-state index contributed by atoms with van der Waals surface area (Å²) in [5.41, 5.74) is 1.31. The molecule has 13 N–H and O–H groups in total. The lowest BCUT2D eigenvalue weighted by Crippen LogP contribution is -2.61. The van der Waals surface area contributed by atoms with Gasteiger partial charge in [-0.15, -0.1) is 0 Å². The van der Waals surface area contributed by atoms with Crippen molar-refractivity contribution in [3.05, 3.63) is 162 Å². The summed E-state index contributed by atoms with van der Waals surface area (Å²) in [7, 11) is 1.54. The van der Waals surface area contributed by atoms with Gasteiger partial charge in [-0.05, 0) is 115 Å². The van der Waals surface area contributed by atoms with E-state index in [2.05, 4.69) is 67.1 Å². The van der Waals surface area contributed by atoms with Gasteiger partial charge in [-0.1, -0.05) is 52.8 Å². The molecule has 0 radical (unpaired) electrons. The van der Waals surface area contributed by atoms with Crippen LogP contribution >= 0.6 is 0 Å². The van der Waals surface area contributed by atoms with Crippen molar-refractivity contribution in [1.29, 1.82) is 0 Å². The van der Waals surface area contributed by atoms with Crippen molar-refractivity contribution in [1.82, 2.24) is 72.0 Å².